The van der Waals surface area contributed by atoms with Crippen molar-refractivity contribution in [1.29, 1.82) is 0 Å². The number of carbonyl (C=O) groups excluding carboxylic acids is 3. The van der Waals surface area contributed by atoms with Gasteiger partial charge in [-0.15, -0.1) is 0 Å². The topological polar surface area (TPSA) is 78.9 Å². The molecule has 1 atom stereocenters. The van der Waals surface area contributed by atoms with E-state index >= 15 is 0 Å². The van der Waals surface area contributed by atoms with Crippen LogP contribution in [0.25, 0.3) is 0 Å². The van der Waals surface area contributed by atoms with Gasteiger partial charge in [-0.25, -0.2) is 0 Å². The first kappa shape index (κ1) is 72.1. The van der Waals surface area contributed by atoms with E-state index in [1.807, 2.05) is 0 Å². The Hall–Kier alpha value is -2.89. The number of rotatable bonds is 60. The number of ether oxygens (including phenoxy) is 3. The highest BCUT2D eigenvalue weighted by molar-refractivity contribution is 5.71. The average Bonchev–Trinajstić information content (AvgIpc) is 3.41. The smallest absolute Gasteiger partial charge is 0.306 e. The minimum atomic E-state index is -0.794. The van der Waals surface area contributed by atoms with Crippen molar-refractivity contribution < 1.29 is 28.6 Å². The van der Waals surface area contributed by atoms with Crippen molar-refractivity contribution in [2.24, 2.45) is 0 Å². The molecule has 0 aromatic rings. The van der Waals surface area contributed by atoms with Gasteiger partial charge in [0, 0.05) is 19.3 Å². The van der Waals surface area contributed by atoms with Crippen LogP contribution < -0.4 is 0 Å². The standard InChI is InChI=1S/C69H124O6/c1-4-7-10-13-16-19-22-25-26-27-28-29-30-31-32-33-34-35-36-37-38-39-40-41-42-45-47-50-53-56-59-62-68(71)74-65-66(75-69(72)63-60-57-54-51-48-44-24-21-18-15-12-9-6-3)64-73-67(70)61-58-55-52-49-46-43-23-20-17-14-11-8-5-2/h9,11-12,14,18,20-21,23,44,48,66H,4-8,10,13,15-17,19,22,24-43,45-47,49-65H2,1-3H3/b12-9-,14-11-,21-18-,23-20-,48-44-. The highest BCUT2D eigenvalue weighted by atomic mass is 16.6. The van der Waals surface area contributed by atoms with E-state index in [9.17, 15) is 14.4 Å². The van der Waals surface area contributed by atoms with E-state index in [1.54, 1.807) is 0 Å². The van der Waals surface area contributed by atoms with Crippen LogP contribution in [-0.4, -0.2) is 37.2 Å². The number of hydrogen-bond donors (Lipinski definition) is 0. The third kappa shape index (κ3) is 61.8. The molecule has 0 radical (unpaired) electrons. The molecule has 0 fully saturated rings. The van der Waals surface area contributed by atoms with Crippen molar-refractivity contribution in [3.63, 3.8) is 0 Å². The van der Waals surface area contributed by atoms with E-state index in [-0.39, 0.29) is 31.1 Å². The Bertz CT molecular complexity index is 1340. The van der Waals surface area contributed by atoms with Crippen molar-refractivity contribution in [1.82, 2.24) is 0 Å². The van der Waals surface area contributed by atoms with Crippen LogP contribution in [0.5, 0.6) is 0 Å². The van der Waals surface area contributed by atoms with Gasteiger partial charge in [0.1, 0.15) is 13.2 Å². The van der Waals surface area contributed by atoms with Crippen molar-refractivity contribution in [2.75, 3.05) is 13.2 Å². The predicted octanol–water partition coefficient (Wildman–Crippen LogP) is 22.3. The molecule has 0 aliphatic rings. The fourth-order valence-electron chi connectivity index (χ4n) is 9.62. The lowest BCUT2D eigenvalue weighted by Gasteiger charge is -2.18. The molecule has 0 aliphatic carbocycles. The summed E-state index contributed by atoms with van der Waals surface area (Å²) in [5.74, 6) is -0.919. The second-order valence-electron chi connectivity index (χ2n) is 22.0. The lowest BCUT2D eigenvalue weighted by molar-refractivity contribution is -0.167. The van der Waals surface area contributed by atoms with Gasteiger partial charge in [0.15, 0.2) is 6.10 Å². The summed E-state index contributed by atoms with van der Waals surface area (Å²) in [4.78, 5) is 38.2. The number of hydrogen-bond acceptors (Lipinski definition) is 6. The summed E-state index contributed by atoms with van der Waals surface area (Å²) in [6.07, 6.45) is 81.3. The molecule has 6 nitrogen and oxygen atoms in total. The summed E-state index contributed by atoms with van der Waals surface area (Å²) >= 11 is 0. The molecule has 436 valence electrons. The van der Waals surface area contributed by atoms with Crippen LogP contribution in [0.3, 0.4) is 0 Å². The number of esters is 3. The first-order valence-electron chi connectivity index (χ1n) is 32.8. The minimum absolute atomic E-state index is 0.0882. The van der Waals surface area contributed by atoms with Gasteiger partial charge in [-0.05, 0) is 77.0 Å². The molecule has 6 heteroatoms. The Morgan fingerprint density at radius 2 is 0.547 bits per heavy atom. The molecule has 0 rings (SSSR count). The van der Waals surface area contributed by atoms with Crippen LogP contribution >= 0.6 is 0 Å². The van der Waals surface area contributed by atoms with Gasteiger partial charge >= 0.3 is 17.9 Å². The molecule has 1 unspecified atom stereocenters. The lowest BCUT2D eigenvalue weighted by Crippen LogP contribution is -2.30. The molecular formula is C69H124O6. The molecule has 75 heavy (non-hydrogen) atoms. The summed E-state index contributed by atoms with van der Waals surface area (Å²) in [6, 6.07) is 0. The second-order valence-corrected chi connectivity index (χ2v) is 22.0. The summed E-state index contributed by atoms with van der Waals surface area (Å²) < 4.78 is 16.9. The molecule has 0 saturated heterocycles. The third-order valence-corrected chi connectivity index (χ3v) is 14.5. The van der Waals surface area contributed by atoms with Crippen LogP contribution in [0.2, 0.25) is 0 Å². The molecule has 0 heterocycles. The maximum Gasteiger partial charge on any atom is 0.306 e. The van der Waals surface area contributed by atoms with Crippen molar-refractivity contribution in [2.45, 2.75) is 348 Å². The van der Waals surface area contributed by atoms with Crippen molar-refractivity contribution in [3.05, 3.63) is 60.8 Å². The zero-order chi connectivity index (χ0) is 54.3. The van der Waals surface area contributed by atoms with Gasteiger partial charge in [-0.1, -0.05) is 306 Å². The SMILES string of the molecule is CC/C=C\C/C=C\C/C=C\CCCCCC(=O)OC(COC(=O)CCCCCCC/C=C\C/C=C\CCC)COC(=O)CCCCCCCCCCCCCCCCCCCCCCCCCCCCCCCCC. The molecule has 0 aliphatic heterocycles. The molecule has 0 saturated carbocycles. The van der Waals surface area contributed by atoms with Crippen molar-refractivity contribution >= 4 is 17.9 Å². The first-order valence-corrected chi connectivity index (χ1v) is 32.8. The van der Waals surface area contributed by atoms with Crippen molar-refractivity contribution in [3.8, 4) is 0 Å². The van der Waals surface area contributed by atoms with Crippen LogP contribution in [0, 0.1) is 0 Å². The van der Waals surface area contributed by atoms with E-state index < -0.39 is 6.10 Å². The first-order chi connectivity index (χ1) is 37.0. The normalized spacial score (nSPS) is 12.4. The fourth-order valence-corrected chi connectivity index (χ4v) is 9.62. The Morgan fingerprint density at radius 3 is 0.880 bits per heavy atom. The quantitative estimate of drug-likeness (QED) is 0.0261. The number of unbranched alkanes of at least 4 members (excludes halogenated alkanes) is 39. The van der Waals surface area contributed by atoms with Crippen LogP contribution in [0.1, 0.15) is 342 Å². The maximum atomic E-state index is 12.8. The summed E-state index contributed by atoms with van der Waals surface area (Å²) in [5, 5.41) is 0. The maximum absolute atomic E-state index is 12.8. The molecule has 0 bridgehead atoms. The predicted molar refractivity (Wildman–Crippen MR) is 325 cm³/mol. The Balaban J connectivity index is 4.10. The third-order valence-electron chi connectivity index (χ3n) is 14.5. The fraction of sp³-hybridized carbons (Fsp3) is 0.812. The molecule has 0 aromatic carbocycles. The van der Waals surface area contributed by atoms with Crippen LogP contribution in [0.15, 0.2) is 60.8 Å². The van der Waals surface area contributed by atoms with Crippen LogP contribution in [-0.2, 0) is 28.6 Å². The second kappa shape index (κ2) is 63.6. The molecule has 0 N–H and O–H groups in total. The Labute approximate surface area is 466 Å². The summed E-state index contributed by atoms with van der Waals surface area (Å²) in [7, 11) is 0. The number of allylic oxidation sites excluding steroid dienone is 10. The molecule has 0 spiro atoms. The zero-order valence-corrected chi connectivity index (χ0v) is 50.1. The van der Waals surface area contributed by atoms with E-state index in [2.05, 4.69) is 81.5 Å². The Kier molecular flexibility index (Phi) is 61.2. The summed E-state index contributed by atoms with van der Waals surface area (Å²) in [5.41, 5.74) is 0. The average molecular weight is 1050 g/mol. The van der Waals surface area contributed by atoms with Gasteiger partial charge < -0.3 is 14.2 Å². The summed E-state index contributed by atoms with van der Waals surface area (Å²) in [6.45, 7) is 6.46. The minimum Gasteiger partial charge on any atom is -0.462 e. The molecule has 0 amide bonds. The van der Waals surface area contributed by atoms with Crippen LogP contribution in [0.4, 0.5) is 0 Å². The number of carbonyl (C=O) groups is 3. The monoisotopic (exact) mass is 1050 g/mol. The van der Waals surface area contributed by atoms with Gasteiger partial charge in [0.2, 0.25) is 0 Å². The van der Waals surface area contributed by atoms with Gasteiger partial charge in [-0.3, -0.25) is 14.4 Å². The van der Waals surface area contributed by atoms with E-state index in [4.69, 9.17) is 14.2 Å². The van der Waals surface area contributed by atoms with E-state index in [1.165, 1.54) is 186 Å². The van der Waals surface area contributed by atoms with Gasteiger partial charge in [-0.2, -0.15) is 0 Å². The molecule has 0 aromatic heterocycles. The highest BCUT2D eigenvalue weighted by Gasteiger charge is 2.19. The Morgan fingerprint density at radius 1 is 0.280 bits per heavy atom. The van der Waals surface area contributed by atoms with Gasteiger partial charge in [0.25, 0.3) is 0 Å². The van der Waals surface area contributed by atoms with Gasteiger partial charge in [0.05, 0.1) is 0 Å². The largest absolute Gasteiger partial charge is 0.462 e. The van der Waals surface area contributed by atoms with E-state index in [0.717, 1.165) is 116 Å². The van der Waals surface area contributed by atoms with E-state index in [0.29, 0.717) is 19.3 Å². The molecular weight excluding hydrogens is 925 g/mol. The lowest BCUT2D eigenvalue weighted by atomic mass is 10.0. The highest BCUT2D eigenvalue weighted by Crippen LogP contribution is 2.18. The zero-order valence-electron chi connectivity index (χ0n) is 50.1.